The van der Waals surface area contributed by atoms with Crippen molar-refractivity contribution in [3.63, 3.8) is 0 Å². The molecule has 2 aromatic rings. The van der Waals surface area contributed by atoms with E-state index in [0.717, 1.165) is 26.1 Å². The lowest BCUT2D eigenvalue weighted by atomic mass is 9.92. The largest absolute Gasteiger partial charge is 0.329 e. The van der Waals surface area contributed by atoms with Crippen LogP contribution in [0.15, 0.2) is 41.8 Å². The van der Waals surface area contributed by atoms with E-state index in [1.807, 2.05) is 11.3 Å². The highest BCUT2D eigenvalue weighted by molar-refractivity contribution is 7.10. The summed E-state index contributed by atoms with van der Waals surface area (Å²) in [7, 11) is 0. The van der Waals surface area contributed by atoms with E-state index in [4.69, 9.17) is 5.73 Å². The van der Waals surface area contributed by atoms with Gasteiger partial charge in [0.1, 0.15) is 0 Å². The standard InChI is InChI=1S/C18H24N2S/c1-14(15-5-3-2-4-6-15)11-17(12-19)20-9-7-18-16(13-20)8-10-21-18/h2-6,8,10,14,17H,7,9,11-13,19H2,1H3. The van der Waals surface area contributed by atoms with E-state index in [9.17, 15) is 0 Å². The smallest absolute Gasteiger partial charge is 0.0248 e. The van der Waals surface area contributed by atoms with Crippen LogP contribution < -0.4 is 5.73 Å². The van der Waals surface area contributed by atoms with Crippen molar-refractivity contribution in [3.8, 4) is 0 Å². The monoisotopic (exact) mass is 300 g/mol. The second kappa shape index (κ2) is 6.73. The molecule has 0 spiro atoms. The van der Waals surface area contributed by atoms with Crippen LogP contribution in [0.25, 0.3) is 0 Å². The molecule has 1 aliphatic heterocycles. The van der Waals surface area contributed by atoms with Gasteiger partial charge in [-0.3, -0.25) is 4.90 Å². The zero-order valence-corrected chi connectivity index (χ0v) is 13.5. The molecule has 2 nitrogen and oxygen atoms in total. The van der Waals surface area contributed by atoms with Crippen molar-refractivity contribution in [2.24, 2.45) is 5.73 Å². The van der Waals surface area contributed by atoms with Crippen LogP contribution in [0.1, 0.15) is 35.3 Å². The maximum absolute atomic E-state index is 6.09. The van der Waals surface area contributed by atoms with E-state index in [1.54, 1.807) is 4.88 Å². The van der Waals surface area contributed by atoms with Crippen LogP contribution >= 0.6 is 11.3 Å². The first-order valence-electron chi connectivity index (χ1n) is 7.82. The van der Waals surface area contributed by atoms with Gasteiger partial charge in [-0.05, 0) is 41.3 Å². The van der Waals surface area contributed by atoms with Crippen LogP contribution in [0.3, 0.4) is 0 Å². The quantitative estimate of drug-likeness (QED) is 0.913. The minimum Gasteiger partial charge on any atom is -0.329 e. The first-order chi connectivity index (χ1) is 10.3. The molecule has 0 radical (unpaired) electrons. The summed E-state index contributed by atoms with van der Waals surface area (Å²) < 4.78 is 0. The van der Waals surface area contributed by atoms with Gasteiger partial charge in [0.25, 0.3) is 0 Å². The van der Waals surface area contributed by atoms with Gasteiger partial charge < -0.3 is 5.73 Å². The van der Waals surface area contributed by atoms with Gasteiger partial charge in [0.15, 0.2) is 0 Å². The molecule has 2 unspecified atom stereocenters. The van der Waals surface area contributed by atoms with Crippen molar-refractivity contribution < 1.29 is 0 Å². The molecular weight excluding hydrogens is 276 g/mol. The topological polar surface area (TPSA) is 29.3 Å². The highest BCUT2D eigenvalue weighted by Gasteiger charge is 2.24. The van der Waals surface area contributed by atoms with Crippen LogP contribution in [0.2, 0.25) is 0 Å². The van der Waals surface area contributed by atoms with E-state index in [2.05, 4.69) is 53.6 Å². The Balaban J connectivity index is 1.66. The Hall–Kier alpha value is -1.16. The van der Waals surface area contributed by atoms with Crippen molar-refractivity contribution in [3.05, 3.63) is 57.8 Å². The Morgan fingerprint density at radius 3 is 2.81 bits per heavy atom. The molecular formula is C18H24N2S. The molecule has 21 heavy (non-hydrogen) atoms. The molecule has 0 fully saturated rings. The van der Waals surface area contributed by atoms with Gasteiger partial charge in [0.2, 0.25) is 0 Å². The number of benzene rings is 1. The van der Waals surface area contributed by atoms with Gasteiger partial charge in [-0.15, -0.1) is 11.3 Å². The van der Waals surface area contributed by atoms with E-state index in [-0.39, 0.29) is 0 Å². The normalized spacial score (nSPS) is 18.2. The van der Waals surface area contributed by atoms with Crippen molar-refractivity contribution in [2.45, 2.75) is 38.3 Å². The molecule has 1 aromatic heterocycles. The van der Waals surface area contributed by atoms with Crippen LogP contribution in [0.4, 0.5) is 0 Å². The van der Waals surface area contributed by atoms with Crippen LogP contribution in [0, 0.1) is 0 Å². The zero-order valence-electron chi connectivity index (χ0n) is 12.7. The lowest BCUT2D eigenvalue weighted by molar-refractivity contribution is 0.169. The molecule has 0 saturated heterocycles. The highest BCUT2D eigenvalue weighted by Crippen LogP contribution is 2.28. The molecule has 1 aliphatic rings. The Bertz CT molecular complexity index is 564. The summed E-state index contributed by atoms with van der Waals surface area (Å²) in [4.78, 5) is 4.15. The van der Waals surface area contributed by atoms with Gasteiger partial charge in [-0.25, -0.2) is 0 Å². The molecule has 2 N–H and O–H groups in total. The fourth-order valence-corrected chi connectivity index (χ4v) is 4.19. The number of rotatable bonds is 5. The molecule has 112 valence electrons. The van der Waals surface area contributed by atoms with Gasteiger partial charge >= 0.3 is 0 Å². The molecule has 3 rings (SSSR count). The van der Waals surface area contributed by atoms with Crippen molar-refractivity contribution >= 4 is 11.3 Å². The highest BCUT2D eigenvalue weighted by atomic mass is 32.1. The second-order valence-corrected chi connectivity index (χ2v) is 7.03. The van der Waals surface area contributed by atoms with Crippen molar-refractivity contribution in [1.29, 1.82) is 0 Å². The van der Waals surface area contributed by atoms with Gasteiger partial charge in [-0.2, -0.15) is 0 Å². The second-order valence-electron chi connectivity index (χ2n) is 6.03. The summed E-state index contributed by atoms with van der Waals surface area (Å²) >= 11 is 1.90. The average molecular weight is 300 g/mol. The lowest BCUT2D eigenvalue weighted by Gasteiger charge is -2.35. The van der Waals surface area contributed by atoms with E-state index in [1.165, 1.54) is 17.5 Å². The Morgan fingerprint density at radius 1 is 1.24 bits per heavy atom. The average Bonchev–Trinajstić information content (AvgIpc) is 3.00. The summed E-state index contributed by atoms with van der Waals surface area (Å²) in [6.45, 7) is 5.29. The summed E-state index contributed by atoms with van der Waals surface area (Å²) in [5.41, 5.74) is 9.02. The number of nitrogens with zero attached hydrogens (tertiary/aromatic N) is 1. The van der Waals surface area contributed by atoms with Crippen molar-refractivity contribution in [2.75, 3.05) is 13.1 Å². The van der Waals surface area contributed by atoms with Crippen LogP contribution in [-0.2, 0) is 13.0 Å². The lowest BCUT2D eigenvalue weighted by Crippen LogP contribution is -2.43. The van der Waals surface area contributed by atoms with Crippen molar-refractivity contribution in [1.82, 2.24) is 4.90 Å². The fraction of sp³-hybridized carbons (Fsp3) is 0.444. The first-order valence-corrected chi connectivity index (χ1v) is 8.70. The first kappa shape index (κ1) is 14.8. The third kappa shape index (κ3) is 3.37. The number of hydrogen-bond donors (Lipinski definition) is 1. The molecule has 3 heteroatoms. The number of thiophene rings is 1. The summed E-state index contributed by atoms with van der Waals surface area (Å²) in [6.07, 6.45) is 2.32. The van der Waals surface area contributed by atoms with E-state index < -0.39 is 0 Å². The Kier molecular flexibility index (Phi) is 4.73. The van der Waals surface area contributed by atoms with Gasteiger partial charge in [0, 0.05) is 30.6 Å². The minimum absolute atomic E-state index is 0.480. The predicted octanol–water partition coefficient (Wildman–Crippen LogP) is 3.63. The zero-order chi connectivity index (χ0) is 14.7. The summed E-state index contributed by atoms with van der Waals surface area (Å²) in [5, 5.41) is 2.22. The van der Waals surface area contributed by atoms with Crippen LogP contribution in [-0.4, -0.2) is 24.0 Å². The number of hydrogen-bond acceptors (Lipinski definition) is 3. The fourth-order valence-electron chi connectivity index (χ4n) is 3.30. The van der Waals surface area contributed by atoms with Crippen LogP contribution in [0.5, 0.6) is 0 Å². The molecule has 2 heterocycles. The van der Waals surface area contributed by atoms with Gasteiger partial charge in [-0.1, -0.05) is 37.3 Å². The maximum Gasteiger partial charge on any atom is 0.0248 e. The van der Waals surface area contributed by atoms with E-state index in [0.29, 0.717) is 12.0 Å². The predicted molar refractivity (Wildman–Crippen MR) is 90.7 cm³/mol. The number of nitrogens with two attached hydrogens (primary N) is 1. The third-order valence-corrected chi connectivity index (χ3v) is 5.64. The Labute approximate surface area is 131 Å². The molecule has 1 aromatic carbocycles. The molecule has 0 saturated carbocycles. The summed E-state index contributed by atoms with van der Waals surface area (Å²) in [6, 6.07) is 13.5. The maximum atomic E-state index is 6.09. The molecule has 0 bridgehead atoms. The molecule has 0 amide bonds. The SMILES string of the molecule is CC(CC(CN)N1CCc2sccc2C1)c1ccccc1. The van der Waals surface area contributed by atoms with E-state index >= 15 is 0 Å². The summed E-state index contributed by atoms with van der Waals surface area (Å²) in [5.74, 6) is 0.559. The molecule has 0 aliphatic carbocycles. The molecule has 2 atom stereocenters. The third-order valence-electron chi connectivity index (χ3n) is 4.62. The Morgan fingerprint density at radius 2 is 2.05 bits per heavy atom. The van der Waals surface area contributed by atoms with Gasteiger partial charge in [0.05, 0.1) is 0 Å². The minimum atomic E-state index is 0.480. The number of fused-ring (bicyclic) bond motifs is 1.